The van der Waals surface area contributed by atoms with Crippen LogP contribution in [0.15, 0.2) is 36.4 Å². The third-order valence-electron chi connectivity index (χ3n) is 2.44. The van der Waals surface area contributed by atoms with Gasteiger partial charge in [0.25, 0.3) is 0 Å². The molecule has 0 unspecified atom stereocenters. The fourth-order valence-electron chi connectivity index (χ4n) is 1.69. The molecule has 1 nitrogen and oxygen atoms in total. The second kappa shape index (κ2) is 3.70. The van der Waals surface area contributed by atoms with Crippen LogP contribution in [0.1, 0.15) is 16.6 Å². The number of ether oxygens (including phenoxy) is 1. The summed E-state index contributed by atoms with van der Waals surface area (Å²) < 4.78 is 26.2. The molecule has 0 amide bonds. The number of benzene rings is 2. The predicted octanol–water partition coefficient (Wildman–Crippen LogP) is 3.41. The van der Waals surface area contributed by atoms with Crippen molar-refractivity contribution in [1.82, 2.24) is 0 Å². The highest BCUT2D eigenvalue weighted by Crippen LogP contribution is 2.24. The molecule has 0 aliphatic heterocycles. The van der Waals surface area contributed by atoms with E-state index >= 15 is 0 Å². The monoisotopic (exact) mass is 189 g/mol. The number of aryl methyl sites for hydroxylation is 1. The van der Waals surface area contributed by atoms with Crippen molar-refractivity contribution in [2.24, 2.45) is 0 Å². The highest BCUT2D eigenvalue weighted by atomic mass is 16.5. The average Bonchev–Trinajstić information content (AvgIpc) is 2.26. The summed E-state index contributed by atoms with van der Waals surface area (Å²) in [5.74, 6) is 0.387. The molecule has 2 aromatic rings. The Bertz CT molecular complexity index is 532. The van der Waals surface area contributed by atoms with Gasteiger partial charge in [0.1, 0.15) is 5.75 Å². The summed E-state index contributed by atoms with van der Waals surface area (Å²) in [5.41, 5.74) is 1.19. The van der Waals surface area contributed by atoms with E-state index in [1.54, 1.807) is 12.1 Å². The summed E-state index contributed by atoms with van der Waals surface area (Å²) in [6.07, 6.45) is 0.911. The van der Waals surface area contributed by atoms with Crippen LogP contribution in [-0.2, 0) is 6.42 Å². The molecule has 0 saturated heterocycles. The van der Waals surface area contributed by atoms with Gasteiger partial charge in [-0.2, -0.15) is 0 Å². The summed E-state index contributed by atoms with van der Waals surface area (Å²) in [4.78, 5) is 0. The minimum Gasteiger partial charge on any atom is -0.497 e. The molecule has 0 N–H and O–H groups in total. The zero-order chi connectivity index (χ0) is 12.5. The van der Waals surface area contributed by atoms with Crippen LogP contribution >= 0.6 is 0 Å². The molecule has 0 aromatic heterocycles. The van der Waals surface area contributed by atoms with Crippen LogP contribution in [0.5, 0.6) is 5.75 Å². The molecule has 2 rings (SSSR count). The first-order chi connectivity index (χ1) is 7.99. The topological polar surface area (TPSA) is 9.23 Å². The molecule has 0 spiro atoms. The van der Waals surface area contributed by atoms with Gasteiger partial charge in [-0.05, 0) is 34.9 Å². The van der Waals surface area contributed by atoms with E-state index in [2.05, 4.69) is 6.92 Å². The Morgan fingerprint density at radius 2 is 2.21 bits per heavy atom. The van der Waals surface area contributed by atoms with Crippen LogP contribution in [0, 0.1) is 0 Å². The van der Waals surface area contributed by atoms with Crippen molar-refractivity contribution in [3.63, 3.8) is 0 Å². The normalized spacial score (nSPS) is 14.5. The van der Waals surface area contributed by atoms with Gasteiger partial charge >= 0.3 is 0 Å². The fourth-order valence-corrected chi connectivity index (χ4v) is 1.69. The summed E-state index contributed by atoms with van der Waals surface area (Å²) in [6.45, 7) is 2.08. The highest BCUT2D eigenvalue weighted by molar-refractivity contribution is 5.87. The number of rotatable bonds is 2. The summed E-state index contributed by atoms with van der Waals surface area (Å²) in [7, 11) is -2.39. The van der Waals surface area contributed by atoms with Crippen molar-refractivity contribution >= 4 is 10.8 Å². The average molecular weight is 189 g/mol. The number of hydrogen-bond donors (Lipinski definition) is 0. The maximum Gasteiger partial charge on any atom is 0.119 e. The Kier molecular flexibility index (Phi) is 1.61. The van der Waals surface area contributed by atoms with Crippen molar-refractivity contribution in [3.05, 3.63) is 42.0 Å². The molecular weight excluding hydrogens is 172 g/mol. The maximum atomic E-state index is 7.09. The van der Waals surface area contributed by atoms with E-state index < -0.39 is 7.04 Å². The van der Waals surface area contributed by atoms with E-state index in [-0.39, 0.29) is 0 Å². The lowest BCUT2D eigenvalue weighted by Gasteiger charge is -2.06. The number of fused-ring (bicyclic) bond motifs is 1. The summed E-state index contributed by atoms with van der Waals surface area (Å²) in [5, 5.41) is 2.15. The van der Waals surface area contributed by atoms with E-state index in [1.165, 1.54) is 5.56 Å². The first kappa shape index (κ1) is 6.07. The van der Waals surface area contributed by atoms with Crippen molar-refractivity contribution in [1.29, 1.82) is 0 Å². The van der Waals surface area contributed by atoms with Gasteiger partial charge < -0.3 is 4.74 Å². The molecule has 14 heavy (non-hydrogen) atoms. The smallest absolute Gasteiger partial charge is 0.119 e. The van der Waals surface area contributed by atoms with Crippen LogP contribution in [0.2, 0.25) is 0 Å². The van der Waals surface area contributed by atoms with Gasteiger partial charge in [0.2, 0.25) is 0 Å². The van der Waals surface area contributed by atoms with Gasteiger partial charge in [0.15, 0.2) is 0 Å². The third kappa shape index (κ3) is 1.46. The van der Waals surface area contributed by atoms with Crippen LogP contribution in [0.3, 0.4) is 0 Å². The quantitative estimate of drug-likeness (QED) is 0.703. The van der Waals surface area contributed by atoms with E-state index in [0.29, 0.717) is 5.75 Å². The number of hydrogen-bond acceptors (Lipinski definition) is 1. The number of methoxy groups -OCH3 is 1. The summed E-state index contributed by atoms with van der Waals surface area (Å²) in [6, 6.07) is 11.4. The SMILES string of the molecule is [2H]C([2H])([2H])Oc1ccc2cccc(CC)c2c1. The maximum absolute atomic E-state index is 7.09. The van der Waals surface area contributed by atoms with Crippen molar-refractivity contribution in [3.8, 4) is 5.75 Å². The Hall–Kier alpha value is -1.50. The van der Waals surface area contributed by atoms with Crippen LogP contribution in [0.4, 0.5) is 0 Å². The van der Waals surface area contributed by atoms with E-state index in [1.807, 2.05) is 24.3 Å². The third-order valence-corrected chi connectivity index (χ3v) is 2.44. The molecule has 72 valence electrons. The van der Waals surface area contributed by atoms with Gasteiger partial charge in [-0.3, -0.25) is 0 Å². The summed E-state index contributed by atoms with van der Waals surface area (Å²) >= 11 is 0. The molecule has 0 bridgehead atoms. The van der Waals surface area contributed by atoms with Gasteiger partial charge in [0, 0.05) is 0 Å². The molecule has 1 heteroatoms. The minimum atomic E-state index is -2.39. The van der Waals surface area contributed by atoms with Gasteiger partial charge in [-0.15, -0.1) is 0 Å². The molecular formula is C13H14O. The molecule has 0 fully saturated rings. The highest BCUT2D eigenvalue weighted by Gasteiger charge is 2.00. The molecule has 0 radical (unpaired) electrons. The van der Waals surface area contributed by atoms with Gasteiger partial charge in [0.05, 0.1) is 11.2 Å². The van der Waals surface area contributed by atoms with Gasteiger partial charge in [-0.25, -0.2) is 0 Å². The Morgan fingerprint density at radius 1 is 1.29 bits per heavy atom. The van der Waals surface area contributed by atoms with Crippen molar-refractivity contribution < 1.29 is 8.85 Å². The van der Waals surface area contributed by atoms with E-state index in [0.717, 1.165) is 17.2 Å². The lowest BCUT2D eigenvalue weighted by atomic mass is 10.0. The lowest BCUT2D eigenvalue weighted by molar-refractivity contribution is 0.415. The molecule has 0 heterocycles. The Labute approximate surface area is 88.5 Å². The van der Waals surface area contributed by atoms with E-state index in [4.69, 9.17) is 8.85 Å². The van der Waals surface area contributed by atoms with Crippen LogP contribution < -0.4 is 4.74 Å². The molecule has 0 atom stereocenters. The zero-order valence-corrected chi connectivity index (χ0v) is 8.08. The first-order valence-electron chi connectivity index (χ1n) is 6.20. The fraction of sp³-hybridized carbons (Fsp3) is 0.231. The van der Waals surface area contributed by atoms with Gasteiger partial charge in [-0.1, -0.05) is 31.2 Å². The molecule has 2 aromatic carbocycles. The van der Waals surface area contributed by atoms with Crippen LogP contribution in [-0.4, -0.2) is 7.04 Å². The molecule has 0 aliphatic carbocycles. The second-order valence-electron chi connectivity index (χ2n) is 3.26. The molecule has 0 aliphatic rings. The zero-order valence-electron chi connectivity index (χ0n) is 11.1. The lowest BCUT2D eigenvalue weighted by Crippen LogP contribution is -1.86. The van der Waals surface area contributed by atoms with Crippen molar-refractivity contribution in [2.45, 2.75) is 13.3 Å². The standard InChI is InChI=1S/C13H14O/c1-3-10-5-4-6-11-7-8-12(14-2)9-13(10)11/h4-9H,3H2,1-2H3/i2D3. The largest absolute Gasteiger partial charge is 0.497 e. The second-order valence-corrected chi connectivity index (χ2v) is 3.26. The Balaban J connectivity index is 2.48. The minimum absolute atomic E-state index is 0.387. The predicted molar refractivity (Wildman–Crippen MR) is 59.9 cm³/mol. The first-order valence-corrected chi connectivity index (χ1v) is 4.70. The van der Waals surface area contributed by atoms with Crippen LogP contribution in [0.25, 0.3) is 10.8 Å². The molecule has 0 saturated carbocycles. The van der Waals surface area contributed by atoms with E-state index in [9.17, 15) is 0 Å². The van der Waals surface area contributed by atoms with Crippen molar-refractivity contribution in [2.75, 3.05) is 7.04 Å². The Morgan fingerprint density at radius 3 is 3.00 bits per heavy atom.